The van der Waals surface area contributed by atoms with Crippen molar-refractivity contribution in [2.24, 2.45) is 0 Å². The van der Waals surface area contributed by atoms with E-state index in [1.807, 2.05) is 55.5 Å². The second-order valence-corrected chi connectivity index (χ2v) is 7.68. The van der Waals surface area contributed by atoms with Crippen molar-refractivity contribution in [3.63, 3.8) is 0 Å². The van der Waals surface area contributed by atoms with Crippen LogP contribution < -0.4 is 4.90 Å². The predicted octanol–water partition coefficient (Wildman–Crippen LogP) is 4.80. The van der Waals surface area contributed by atoms with Gasteiger partial charge in [-0.3, -0.25) is 14.5 Å². The highest BCUT2D eigenvalue weighted by atomic mass is 16.3. The molecular formula is C26H23NO4. The molecule has 1 amide bonds. The average molecular weight is 413 g/mol. The van der Waals surface area contributed by atoms with Crippen molar-refractivity contribution in [2.75, 3.05) is 4.90 Å². The fourth-order valence-corrected chi connectivity index (χ4v) is 3.94. The third-order valence-corrected chi connectivity index (χ3v) is 5.48. The number of aryl methyl sites for hydroxylation is 2. The zero-order valence-corrected chi connectivity index (χ0v) is 17.2. The predicted molar refractivity (Wildman–Crippen MR) is 119 cm³/mol. The molecule has 3 aromatic carbocycles. The highest BCUT2D eigenvalue weighted by Crippen LogP contribution is 2.41. The Morgan fingerprint density at radius 3 is 2.32 bits per heavy atom. The molecule has 5 nitrogen and oxygen atoms in total. The van der Waals surface area contributed by atoms with Crippen LogP contribution in [-0.2, 0) is 16.0 Å². The molecule has 156 valence electrons. The molecule has 0 bridgehead atoms. The van der Waals surface area contributed by atoms with Gasteiger partial charge in [0.2, 0.25) is 0 Å². The number of anilines is 1. The van der Waals surface area contributed by atoms with Gasteiger partial charge in [0.15, 0.2) is 11.5 Å². The van der Waals surface area contributed by atoms with Crippen LogP contribution in [0.1, 0.15) is 29.2 Å². The third kappa shape index (κ3) is 4.08. The summed E-state index contributed by atoms with van der Waals surface area (Å²) >= 11 is 0. The van der Waals surface area contributed by atoms with Crippen molar-refractivity contribution in [3.8, 4) is 5.75 Å². The van der Waals surface area contributed by atoms with Crippen LogP contribution in [0.15, 0.2) is 90.2 Å². The molecule has 4 rings (SSSR count). The van der Waals surface area contributed by atoms with Gasteiger partial charge in [-0.2, -0.15) is 0 Å². The van der Waals surface area contributed by atoms with Crippen molar-refractivity contribution < 1.29 is 19.8 Å². The molecule has 31 heavy (non-hydrogen) atoms. The number of aromatic hydroxyl groups is 1. The lowest BCUT2D eigenvalue weighted by atomic mass is 9.93. The topological polar surface area (TPSA) is 77.8 Å². The maximum absolute atomic E-state index is 13.2. The Morgan fingerprint density at radius 1 is 0.935 bits per heavy atom. The third-order valence-electron chi connectivity index (χ3n) is 5.48. The van der Waals surface area contributed by atoms with Gasteiger partial charge in [0, 0.05) is 12.1 Å². The van der Waals surface area contributed by atoms with Crippen molar-refractivity contribution in [3.05, 3.63) is 107 Å². The fourth-order valence-electron chi connectivity index (χ4n) is 3.94. The molecule has 0 aliphatic carbocycles. The lowest BCUT2D eigenvalue weighted by Gasteiger charge is -2.27. The van der Waals surface area contributed by atoms with Crippen LogP contribution in [0, 0.1) is 6.92 Å². The number of aliphatic hydroxyl groups is 1. The maximum atomic E-state index is 13.2. The van der Waals surface area contributed by atoms with Gasteiger partial charge in [-0.25, -0.2) is 0 Å². The Morgan fingerprint density at radius 2 is 1.65 bits per heavy atom. The van der Waals surface area contributed by atoms with Crippen molar-refractivity contribution in [1.82, 2.24) is 0 Å². The highest BCUT2D eigenvalue weighted by Gasteiger charge is 2.44. The number of aliphatic hydroxyl groups excluding tert-OH is 1. The second-order valence-electron chi connectivity index (χ2n) is 7.68. The lowest BCUT2D eigenvalue weighted by molar-refractivity contribution is -0.118. The summed E-state index contributed by atoms with van der Waals surface area (Å²) in [5.41, 5.74) is 3.29. The largest absolute Gasteiger partial charge is 0.508 e. The van der Waals surface area contributed by atoms with Gasteiger partial charge in [-0.15, -0.1) is 0 Å². The minimum Gasteiger partial charge on any atom is -0.508 e. The molecular weight excluding hydrogens is 390 g/mol. The first kappa shape index (κ1) is 20.4. The van der Waals surface area contributed by atoms with Gasteiger partial charge in [0.25, 0.3) is 5.91 Å². The van der Waals surface area contributed by atoms with E-state index in [4.69, 9.17) is 0 Å². The molecule has 0 fully saturated rings. The second kappa shape index (κ2) is 8.48. The Hall–Kier alpha value is -3.86. The quantitative estimate of drug-likeness (QED) is 0.608. The van der Waals surface area contributed by atoms with E-state index in [-0.39, 0.29) is 23.5 Å². The van der Waals surface area contributed by atoms with Crippen LogP contribution in [0.5, 0.6) is 5.75 Å². The Bertz CT molecular complexity index is 1150. The molecule has 2 N–H and O–H groups in total. The summed E-state index contributed by atoms with van der Waals surface area (Å²) in [4.78, 5) is 27.7. The smallest absolute Gasteiger partial charge is 0.294 e. The minimum atomic E-state index is -0.766. The van der Waals surface area contributed by atoms with Crippen LogP contribution in [0.3, 0.4) is 0 Å². The number of rotatable bonds is 6. The zero-order chi connectivity index (χ0) is 22.0. The van der Waals surface area contributed by atoms with E-state index in [1.165, 1.54) is 17.0 Å². The number of carbonyl (C=O) groups is 2. The first-order chi connectivity index (χ1) is 15.0. The van der Waals surface area contributed by atoms with E-state index in [0.717, 1.165) is 11.1 Å². The number of Topliss-reactive ketones (excluding diaryl/α,β-unsaturated/α-hetero) is 1. The van der Waals surface area contributed by atoms with Crippen LogP contribution in [0.4, 0.5) is 5.69 Å². The molecule has 1 unspecified atom stereocenters. The fraction of sp³-hybridized carbons (Fsp3) is 0.154. The number of nitrogens with zero attached hydrogens (tertiary/aromatic N) is 1. The van der Waals surface area contributed by atoms with Crippen LogP contribution in [0.2, 0.25) is 0 Å². The number of hydrogen-bond donors (Lipinski definition) is 2. The first-order valence-electron chi connectivity index (χ1n) is 10.1. The van der Waals surface area contributed by atoms with Crippen molar-refractivity contribution in [2.45, 2.75) is 25.8 Å². The zero-order valence-electron chi connectivity index (χ0n) is 17.2. The van der Waals surface area contributed by atoms with E-state index in [1.54, 1.807) is 18.2 Å². The SMILES string of the molecule is Cc1cccc(N2C(=O)C(O)=C(C(=O)CCc3ccccc3)C2c2ccc(O)cc2)c1. The molecule has 3 aromatic rings. The number of carbonyl (C=O) groups excluding carboxylic acids is 2. The summed E-state index contributed by atoms with van der Waals surface area (Å²) in [5.74, 6) is -1.31. The van der Waals surface area contributed by atoms with Gasteiger partial charge < -0.3 is 10.2 Å². The Kier molecular flexibility index (Phi) is 5.58. The molecule has 5 heteroatoms. The van der Waals surface area contributed by atoms with Gasteiger partial charge >= 0.3 is 0 Å². The van der Waals surface area contributed by atoms with Crippen LogP contribution in [0.25, 0.3) is 0 Å². The summed E-state index contributed by atoms with van der Waals surface area (Å²) in [7, 11) is 0. The van der Waals surface area contributed by atoms with E-state index in [9.17, 15) is 19.8 Å². The summed E-state index contributed by atoms with van der Waals surface area (Å²) in [6.07, 6.45) is 0.685. The number of benzene rings is 3. The molecule has 0 saturated heterocycles. The Labute approximate surface area is 180 Å². The van der Waals surface area contributed by atoms with E-state index in [2.05, 4.69) is 0 Å². The van der Waals surface area contributed by atoms with Crippen molar-refractivity contribution >= 4 is 17.4 Å². The van der Waals surface area contributed by atoms with Gasteiger partial charge in [0.05, 0.1) is 11.6 Å². The molecule has 0 radical (unpaired) electrons. The van der Waals surface area contributed by atoms with E-state index < -0.39 is 17.7 Å². The van der Waals surface area contributed by atoms with Gasteiger partial charge in [-0.05, 0) is 54.3 Å². The van der Waals surface area contributed by atoms with E-state index in [0.29, 0.717) is 17.7 Å². The highest BCUT2D eigenvalue weighted by molar-refractivity contribution is 6.16. The number of phenolic OH excluding ortho intramolecular Hbond substituents is 1. The van der Waals surface area contributed by atoms with Gasteiger partial charge in [0.1, 0.15) is 5.75 Å². The standard InChI is InChI=1S/C26H23NO4/c1-17-6-5-9-20(16-17)27-24(19-11-13-21(28)14-12-19)23(25(30)26(27)31)22(29)15-10-18-7-3-2-4-8-18/h2-9,11-14,16,24,28,30H,10,15H2,1H3. The molecule has 1 aliphatic rings. The lowest BCUT2D eigenvalue weighted by Crippen LogP contribution is -2.31. The molecule has 1 atom stereocenters. The molecule has 1 heterocycles. The monoisotopic (exact) mass is 413 g/mol. The van der Waals surface area contributed by atoms with Gasteiger partial charge in [-0.1, -0.05) is 54.6 Å². The maximum Gasteiger partial charge on any atom is 0.294 e. The number of phenols is 1. The summed E-state index contributed by atoms with van der Waals surface area (Å²) in [6, 6.07) is 22.6. The van der Waals surface area contributed by atoms with Crippen LogP contribution in [-0.4, -0.2) is 21.9 Å². The Balaban J connectivity index is 1.73. The average Bonchev–Trinajstić information content (AvgIpc) is 3.04. The number of amides is 1. The molecule has 1 aliphatic heterocycles. The summed E-state index contributed by atoms with van der Waals surface area (Å²) in [6.45, 7) is 1.92. The van der Waals surface area contributed by atoms with E-state index >= 15 is 0 Å². The number of hydrogen-bond acceptors (Lipinski definition) is 4. The number of ketones is 1. The summed E-state index contributed by atoms with van der Waals surface area (Å²) < 4.78 is 0. The first-order valence-corrected chi connectivity index (χ1v) is 10.1. The van der Waals surface area contributed by atoms with Crippen molar-refractivity contribution in [1.29, 1.82) is 0 Å². The summed E-state index contributed by atoms with van der Waals surface area (Å²) in [5, 5.41) is 20.4. The van der Waals surface area contributed by atoms with Crippen LogP contribution >= 0.6 is 0 Å². The molecule has 0 aromatic heterocycles. The minimum absolute atomic E-state index is 0.0836. The normalized spacial score (nSPS) is 16.1. The molecule has 0 saturated carbocycles. The molecule has 0 spiro atoms.